The lowest BCUT2D eigenvalue weighted by Gasteiger charge is -2.35. The van der Waals surface area contributed by atoms with Gasteiger partial charge >= 0.3 is 0 Å². The Labute approximate surface area is 163 Å². The number of aliphatic imine (C=N–C) groups is 1. The molecule has 0 bridgehead atoms. The van der Waals surface area contributed by atoms with E-state index in [4.69, 9.17) is 21.4 Å². The van der Waals surface area contributed by atoms with Gasteiger partial charge in [-0.1, -0.05) is 29.3 Å². The Morgan fingerprint density at radius 1 is 1.15 bits per heavy atom. The number of rotatable bonds is 2. The van der Waals surface area contributed by atoms with Crippen LogP contribution in [0.1, 0.15) is 39.9 Å². The van der Waals surface area contributed by atoms with Crippen LogP contribution in [0.2, 0.25) is 5.02 Å². The maximum absolute atomic E-state index is 12.9. The highest BCUT2D eigenvalue weighted by Gasteiger charge is 2.41. The molecule has 2 aliphatic heterocycles. The number of piperidine rings is 1. The molecule has 2 aliphatic rings. The zero-order valence-corrected chi connectivity index (χ0v) is 16.2. The van der Waals surface area contributed by atoms with Gasteiger partial charge in [0.1, 0.15) is 0 Å². The minimum absolute atomic E-state index is 0.0823. The third-order valence-electron chi connectivity index (χ3n) is 5.23. The summed E-state index contributed by atoms with van der Waals surface area (Å²) >= 11 is 5.95. The van der Waals surface area contributed by atoms with E-state index in [2.05, 4.69) is 5.48 Å². The van der Waals surface area contributed by atoms with Crippen LogP contribution in [-0.4, -0.2) is 35.5 Å². The van der Waals surface area contributed by atoms with Crippen molar-refractivity contribution in [3.8, 4) is 0 Å². The molecule has 140 valence electrons. The highest BCUT2D eigenvalue weighted by atomic mass is 35.5. The molecule has 2 heterocycles. The van der Waals surface area contributed by atoms with E-state index in [1.807, 2.05) is 61.2 Å². The molecule has 4 rings (SSSR count). The van der Waals surface area contributed by atoms with Crippen LogP contribution in [0.3, 0.4) is 0 Å². The Morgan fingerprint density at radius 3 is 2.56 bits per heavy atom. The van der Waals surface area contributed by atoms with Gasteiger partial charge in [-0.3, -0.25) is 4.79 Å². The highest BCUT2D eigenvalue weighted by molar-refractivity contribution is 6.30. The van der Waals surface area contributed by atoms with E-state index < -0.39 is 5.72 Å². The summed E-state index contributed by atoms with van der Waals surface area (Å²) in [5, 5.41) is 0.686. The van der Waals surface area contributed by atoms with E-state index in [-0.39, 0.29) is 5.91 Å². The molecule has 27 heavy (non-hydrogen) atoms. The zero-order valence-electron chi connectivity index (χ0n) is 15.5. The first-order valence-electron chi connectivity index (χ1n) is 9.12. The van der Waals surface area contributed by atoms with Crippen molar-refractivity contribution < 1.29 is 9.63 Å². The van der Waals surface area contributed by atoms with Crippen molar-refractivity contribution in [1.29, 1.82) is 0 Å². The molecule has 2 aromatic rings. The third kappa shape index (κ3) is 3.57. The number of halogens is 1. The van der Waals surface area contributed by atoms with Gasteiger partial charge in [0.15, 0.2) is 11.6 Å². The number of benzene rings is 2. The second kappa shape index (κ2) is 6.98. The molecule has 0 unspecified atom stereocenters. The second-order valence-electron chi connectivity index (χ2n) is 7.23. The quantitative estimate of drug-likeness (QED) is 0.856. The molecule has 0 saturated carbocycles. The summed E-state index contributed by atoms with van der Waals surface area (Å²) in [6.07, 6.45) is 1.32. The summed E-state index contributed by atoms with van der Waals surface area (Å²) < 4.78 is 0. The molecular weight excluding hydrogens is 362 g/mol. The van der Waals surface area contributed by atoms with Gasteiger partial charge in [0.25, 0.3) is 5.91 Å². The molecule has 6 heteroatoms. The summed E-state index contributed by atoms with van der Waals surface area (Å²) in [5.41, 5.74) is 6.16. The minimum Gasteiger partial charge on any atom is -0.338 e. The first-order chi connectivity index (χ1) is 13.0. The van der Waals surface area contributed by atoms with Gasteiger partial charge in [-0.2, -0.15) is 0 Å². The molecule has 1 amide bonds. The van der Waals surface area contributed by atoms with E-state index in [1.54, 1.807) is 0 Å². The fraction of sp³-hybridized carbons (Fsp3) is 0.333. The van der Waals surface area contributed by atoms with Crippen LogP contribution < -0.4 is 5.48 Å². The van der Waals surface area contributed by atoms with Crippen molar-refractivity contribution >= 4 is 23.3 Å². The Morgan fingerprint density at radius 2 is 1.85 bits per heavy atom. The molecule has 1 spiro atoms. The van der Waals surface area contributed by atoms with E-state index >= 15 is 0 Å². The maximum Gasteiger partial charge on any atom is 0.254 e. The lowest BCUT2D eigenvalue weighted by Crippen LogP contribution is -2.46. The monoisotopic (exact) mass is 383 g/mol. The number of amidine groups is 1. The average molecular weight is 384 g/mol. The minimum atomic E-state index is -0.604. The van der Waals surface area contributed by atoms with Gasteiger partial charge in [-0.15, -0.1) is 0 Å². The van der Waals surface area contributed by atoms with Crippen molar-refractivity contribution in [3.05, 3.63) is 69.7 Å². The second-order valence-corrected chi connectivity index (χ2v) is 7.66. The van der Waals surface area contributed by atoms with Crippen LogP contribution in [0, 0.1) is 13.8 Å². The Hall–Kier alpha value is -2.37. The zero-order chi connectivity index (χ0) is 19.0. The van der Waals surface area contributed by atoms with Crippen molar-refractivity contribution in [2.45, 2.75) is 32.4 Å². The SMILES string of the molecule is Cc1ccc(C)c(C(=O)N2CCC3(CC2)N=C(c2ccc(Cl)cc2)NO3)c1. The van der Waals surface area contributed by atoms with Gasteiger partial charge in [0, 0.05) is 42.1 Å². The van der Waals surface area contributed by atoms with Crippen LogP contribution in [0.25, 0.3) is 0 Å². The number of hydrogen-bond donors (Lipinski definition) is 1. The molecule has 1 N–H and O–H groups in total. The maximum atomic E-state index is 12.9. The number of carbonyl (C=O) groups is 1. The Bertz CT molecular complexity index is 900. The highest BCUT2D eigenvalue weighted by Crippen LogP contribution is 2.32. The topological polar surface area (TPSA) is 53.9 Å². The standard InChI is InChI=1S/C21H22ClN3O2/c1-14-3-4-15(2)18(13-14)20(26)25-11-9-21(10-12-25)23-19(24-27-21)16-5-7-17(22)8-6-16/h3-8,13H,9-12H2,1-2H3,(H,23,24). The van der Waals surface area contributed by atoms with Gasteiger partial charge in [0.2, 0.25) is 0 Å². The predicted octanol–water partition coefficient (Wildman–Crippen LogP) is 3.87. The van der Waals surface area contributed by atoms with E-state index in [1.165, 1.54) is 0 Å². The smallest absolute Gasteiger partial charge is 0.254 e. The number of nitrogens with zero attached hydrogens (tertiary/aromatic N) is 2. The lowest BCUT2D eigenvalue weighted by molar-refractivity contribution is -0.0849. The summed E-state index contributed by atoms with van der Waals surface area (Å²) in [4.78, 5) is 25.4. The van der Waals surface area contributed by atoms with E-state index in [0.717, 1.165) is 22.3 Å². The van der Waals surface area contributed by atoms with Crippen molar-refractivity contribution in [2.75, 3.05) is 13.1 Å². The normalized spacial score (nSPS) is 18.3. The number of amides is 1. The summed E-state index contributed by atoms with van der Waals surface area (Å²) in [5.74, 6) is 0.792. The van der Waals surface area contributed by atoms with Crippen LogP contribution in [0.5, 0.6) is 0 Å². The van der Waals surface area contributed by atoms with Crippen LogP contribution in [0.15, 0.2) is 47.5 Å². The molecule has 5 nitrogen and oxygen atoms in total. The summed E-state index contributed by atoms with van der Waals surface area (Å²) in [6.45, 7) is 5.22. The summed E-state index contributed by atoms with van der Waals surface area (Å²) in [7, 11) is 0. The van der Waals surface area contributed by atoms with Gasteiger partial charge in [-0.25, -0.2) is 15.3 Å². The molecule has 1 saturated heterocycles. The Balaban J connectivity index is 1.46. The number of carbonyl (C=O) groups excluding carboxylic acids is 1. The molecule has 1 fully saturated rings. The first-order valence-corrected chi connectivity index (χ1v) is 9.50. The molecular formula is C21H22ClN3O2. The number of nitrogens with one attached hydrogen (secondary N) is 1. The fourth-order valence-electron chi connectivity index (χ4n) is 3.53. The average Bonchev–Trinajstić information content (AvgIpc) is 3.08. The fourth-order valence-corrected chi connectivity index (χ4v) is 3.66. The number of likely N-dealkylation sites (tertiary alicyclic amines) is 1. The predicted molar refractivity (Wildman–Crippen MR) is 106 cm³/mol. The van der Waals surface area contributed by atoms with Crippen LogP contribution in [-0.2, 0) is 4.84 Å². The number of aryl methyl sites for hydroxylation is 2. The van der Waals surface area contributed by atoms with Gasteiger partial charge in [0.05, 0.1) is 0 Å². The molecule has 0 atom stereocenters. The largest absolute Gasteiger partial charge is 0.338 e. The number of hydroxylamine groups is 1. The number of hydrogen-bond acceptors (Lipinski definition) is 4. The van der Waals surface area contributed by atoms with Crippen molar-refractivity contribution in [2.24, 2.45) is 4.99 Å². The van der Waals surface area contributed by atoms with Crippen molar-refractivity contribution in [1.82, 2.24) is 10.4 Å². The van der Waals surface area contributed by atoms with Crippen LogP contribution >= 0.6 is 11.6 Å². The van der Waals surface area contributed by atoms with Crippen LogP contribution in [0.4, 0.5) is 0 Å². The lowest BCUT2D eigenvalue weighted by atomic mass is 9.98. The third-order valence-corrected chi connectivity index (χ3v) is 5.48. The molecule has 0 aliphatic carbocycles. The van der Waals surface area contributed by atoms with Gasteiger partial charge in [-0.05, 0) is 49.7 Å². The molecule has 0 aromatic heterocycles. The first kappa shape index (κ1) is 18.0. The van der Waals surface area contributed by atoms with Gasteiger partial charge < -0.3 is 4.90 Å². The van der Waals surface area contributed by atoms with Crippen molar-refractivity contribution in [3.63, 3.8) is 0 Å². The molecule has 0 radical (unpaired) electrons. The Kier molecular flexibility index (Phi) is 4.66. The summed E-state index contributed by atoms with van der Waals surface area (Å²) in [6, 6.07) is 13.5. The van der Waals surface area contributed by atoms with E-state index in [0.29, 0.717) is 36.8 Å². The molecule has 2 aromatic carbocycles. The van der Waals surface area contributed by atoms with E-state index in [9.17, 15) is 4.79 Å².